The van der Waals surface area contributed by atoms with Gasteiger partial charge >= 0.3 is 47.8 Å². The fraction of sp³-hybridized carbons (Fsp3) is 0.381. The lowest BCUT2D eigenvalue weighted by Gasteiger charge is -2.39. The van der Waals surface area contributed by atoms with Crippen molar-refractivity contribution in [2.45, 2.75) is 228 Å². The Hall–Kier alpha value is -12.6. The average Bonchev–Trinajstić information content (AvgIpc) is 1.69. The number of hydroxylamine groups is 1. The summed E-state index contributed by atoms with van der Waals surface area (Å²) in [7, 11) is 13.0. The van der Waals surface area contributed by atoms with Gasteiger partial charge in [-0.2, -0.15) is 0 Å². The molecule has 2 aliphatic heterocycles. The van der Waals surface area contributed by atoms with Gasteiger partial charge in [-0.05, 0) is 283 Å². The number of fused-ring (bicyclic) bond motifs is 2. The predicted molar refractivity (Wildman–Crippen MR) is 580 cm³/mol. The molecule has 11 aromatic rings. The average molecular weight is 2060 g/mol. The number of benzene rings is 8. The highest BCUT2D eigenvalue weighted by Gasteiger charge is 2.32. The molecule has 1 saturated carbocycles. The van der Waals surface area contributed by atoms with Crippen molar-refractivity contribution in [3.05, 3.63) is 291 Å². The topological polar surface area (TPSA) is 417 Å². The molecule has 0 bridgehead atoms. The van der Waals surface area contributed by atoms with Crippen LogP contribution in [0.5, 0.6) is 11.5 Å². The van der Waals surface area contributed by atoms with E-state index in [4.69, 9.17) is 60.5 Å². The number of aliphatic carboxylic acids is 4. The molecule has 4 aliphatic rings. The number of aromatic hydroxyl groups is 1. The monoisotopic (exact) mass is 2060 g/mol. The second-order valence-corrected chi connectivity index (χ2v) is 40.9. The van der Waals surface area contributed by atoms with Gasteiger partial charge in [0.15, 0.2) is 5.84 Å². The Labute approximate surface area is 868 Å². The third-order valence-corrected chi connectivity index (χ3v) is 28.4. The van der Waals surface area contributed by atoms with Crippen LogP contribution in [-0.4, -0.2) is 226 Å². The largest absolute Gasteiger partial charge is 0.507 e. The van der Waals surface area contributed by atoms with Gasteiger partial charge in [0.2, 0.25) is 6.23 Å². The number of ether oxygens (including phenoxy) is 1. The number of likely N-dealkylation sites (tertiary alicyclic amines) is 1. The van der Waals surface area contributed by atoms with Crippen molar-refractivity contribution in [3.8, 4) is 34.0 Å². The number of thiophene rings is 1. The zero-order valence-corrected chi connectivity index (χ0v) is 88.9. The number of thioether (sulfide) groups is 1. The molecule has 0 amide bonds. The van der Waals surface area contributed by atoms with Gasteiger partial charge in [-0.3, -0.25) is 43.7 Å². The number of carbonyl (C=O) groups excluding carboxylic acids is 1. The number of hydrogen-bond acceptors (Lipinski definition) is 24. The highest BCUT2D eigenvalue weighted by molar-refractivity contribution is 8.76. The van der Waals surface area contributed by atoms with E-state index in [9.17, 15) is 43.2 Å². The summed E-state index contributed by atoms with van der Waals surface area (Å²) in [6.07, 6.45) is 20.0. The summed E-state index contributed by atoms with van der Waals surface area (Å²) in [5.41, 5.74) is 13.7. The number of aryl methyl sites for hydroxylation is 4. The van der Waals surface area contributed by atoms with Gasteiger partial charge in [0.05, 0.1) is 36.2 Å². The van der Waals surface area contributed by atoms with Crippen LogP contribution in [0.25, 0.3) is 33.3 Å². The summed E-state index contributed by atoms with van der Waals surface area (Å²) in [5.74, 6) is -5.37. The quantitative estimate of drug-likeness (QED) is 0.00865. The molecule has 32 heteroatoms. The number of rotatable bonds is 30. The first-order valence-electron chi connectivity index (χ1n) is 48.5. The molecule has 5 heterocycles. The Morgan fingerprint density at radius 3 is 1.52 bits per heavy atom. The molecule has 15 rings (SSSR count). The van der Waals surface area contributed by atoms with Crippen molar-refractivity contribution in [2.75, 3.05) is 68.0 Å². The van der Waals surface area contributed by atoms with E-state index in [2.05, 4.69) is 148 Å². The number of aromatic nitrogens is 2. The van der Waals surface area contributed by atoms with Crippen molar-refractivity contribution in [3.63, 3.8) is 0 Å². The predicted octanol–water partition coefficient (Wildman–Crippen LogP) is 23.9. The van der Waals surface area contributed by atoms with Crippen LogP contribution in [-0.2, 0) is 47.1 Å². The lowest BCUT2D eigenvalue weighted by atomic mass is 9.83. The van der Waals surface area contributed by atoms with Gasteiger partial charge in [0.1, 0.15) is 39.0 Å². The van der Waals surface area contributed by atoms with Gasteiger partial charge in [0.25, 0.3) is 0 Å². The van der Waals surface area contributed by atoms with E-state index in [0.29, 0.717) is 34.1 Å². The molecule has 5 unspecified atom stereocenters. The Morgan fingerprint density at radius 1 is 0.538 bits per heavy atom. The van der Waals surface area contributed by atoms with E-state index in [1.807, 2.05) is 109 Å². The third kappa shape index (κ3) is 42.9. The first kappa shape index (κ1) is 121. The zero-order chi connectivity index (χ0) is 107. The highest BCUT2D eigenvalue weighted by Crippen LogP contribution is 2.45. The Bertz CT molecular complexity index is 5760. The Kier molecular flexibility index (Phi) is 53.7. The van der Waals surface area contributed by atoms with Crippen LogP contribution in [0.1, 0.15) is 237 Å². The maximum absolute atomic E-state index is 11.1. The molecule has 5 atom stereocenters. The summed E-state index contributed by atoms with van der Waals surface area (Å²) < 4.78 is 6.02. The number of Topliss-reactive ketones (excluding diaryl/α,β-unsaturated/α-hetero) is 1. The number of unbranched alkanes of at least 4 members (excludes halogenated alkanes) is 3. The van der Waals surface area contributed by atoms with Crippen molar-refractivity contribution >= 4 is 115 Å². The van der Waals surface area contributed by atoms with Gasteiger partial charge in [0, 0.05) is 73.6 Å². The second kappa shape index (κ2) is 64.3. The van der Waals surface area contributed by atoms with Crippen molar-refractivity contribution in [1.82, 2.24) is 35.0 Å². The molecule has 2 fully saturated rings. The van der Waals surface area contributed by atoms with Gasteiger partial charge in [-0.1, -0.05) is 221 Å². The number of pyridine rings is 2. The SMILES string of the molecule is CC(C(=O)O)N1CCCC1.CCN(CC)CC(C)=O.CN(C)C1CCCCC1N(C)C.COc1c(-c2cccc3ccccc23)cc(C(C)(C)C)cc1C1N=C(c2ccccc2)NO1.Cc1ccc(C(=O)O)c(O)c1.Cc1ccc(SC(C)C(=O)O)cc1.O=C(O)CCCCCCC(=O)O.O=C(O)c1cc2c(s1)CCCCC2.O=C(O)c1ccccc1SSc1ccccc1C(=O)O.c1ccc(-c2ccccn2)nc1. The molecule has 145 heavy (non-hydrogen) atoms. The fourth-order valence-electron chi connectivity index (χ4n) is 15.6. The van der Waals surface area contributed by atoms with Crippen LogP contribution >= 0.6 is 44.7 Å². The number of nitrogens with zero attached hydrogens (tertiary/aromatic N) is 7. The van der Waals surface area contributed by atoms with Gasteiger partial charge in [-0.25, -0.2) is 34.5 Å². The van der Waals surface area contributed by atoms with Crippen LogP contribution in [0.2, 0.25) is 0 Å². The van der Waals surface area contributed by atoms with E-state index in [-0.39, 0.29) is 57.8 Å². The number of likely N-dealkylation sites (N-methyl/N-ethyl adjacent to an activating group) is 3. The maximum Gasteiger partial charge on any atom is 0.345 e. The highest BCUT2D eigenvalue weighted by atomic mass is 33.1. The van der Waals surface area contributed by atoms with E-state index < -0.39 is 54.0 Å². The molecule has 3 aromatic heterocycles. The van der Waals surface area contributed by atoms with E-state index >= 15 is 0 Å². The van der Waals surface area contributed by atoms with Crippen molar-refractivity contribution < 1.29 is 98.7 Å². The number of amidine groups is 1. The van der Waals surface area contributed by atoms with Crippen LogP contribution in [0.4, 0.5) is 0 Å². The van der Waals surface area contributed by atoms with E-state index in [1.165, 1.54) is 146 Å². The molecule has 8 aromatic carbocycles. The number of carboxylic acid groups (broad SMARTS) is 8. The van der Waals surface area contributed by atoms with Crippen LogP contribution in [0.15, 0.2) is 250 Å². The second-order valence-electron chi connectivity index (χ2n) is 36.2. The molecular weight excluding hydrogens is 1920 g/mol. The number of aliphatic imine (C=N–C) groups is 1. The number of phenols is 1. The minimum atomic E-state index is -1.11. The maximum atomic E-state index is 11.1. The van der Waals surface area contributed by atoms with Crippen molar-refractivity contribution in [2.24, 2.45) is 4.99 Å². The van der Waals surface area contributed by atoms with Crippen LogP contribution in [0, 0.1) is 13.8 Å². The molecule has 778 valence electrons. The normalized spacial score (nSPS) is 14.7. The number of carboxylic acids is 8. The number of carbonyl (C=O) groups is 9. The molecule has 1 saturated heterocycles. The zero-order valence-electron chi connectivity index (χ0n) is 85.7. The first-order chi connectivity index (χ1) is 69.2. The molecule has 10 N–H and O–H groups in total. The lowest BCUT2D eigenvalue weighted by Crippen LogP contribution is -2.48. The van der Waals surface area contributed by atoms with Gasteiger partial charge < -0.3 is 60.5 Å². The van der Waals surface area contributed by atoms with E-state index in [1.54, 1.807) is 89.7 Å². The summed E-state index contributed by atoms with van der Waals surface area (Å²) in [4.78, 5) is 127. The fourth-order valence-corrected chi connectivity index (χ4v) is 19.8. The number of aromatic carboxylic acids is 4. The number of nitrogens with one attached hydrogen (secondary N) is 1. The summed E-state index contributed by atoms with van der Waals surface area (Å²) >= 11 is 2.82. The lowest BCUT2D eigenvalue weighted by molar-refractivity contribution is -0.142. The molecule has 0 spiro atoms. The van der Waals surface area contributed by atoms with Crippen LogP contribution < -0.4 is 10.2 Å². The van der Waals surface area contributed by atoms with Crippen LogP contribution in [0.3, 0.4) is 0 Å². The summed E-state index contributed by atoms with van der Waals surface area (Å²) in [5, 5.41) is 80.4. The molecule has 2 aliphatic carbocycles. The Balaban J connectivity index is 0.000000255. The standard InChI is InChI=1S/C29H28N2O2.C14H10O4S2.C10H8N2.C10H22N2.2C10H12O2S.C8H14O4.C8H8O3.C7H13NO2.C7H15NO/c1-29(2,3)21-17-24(23-16-10-14-19-11-8-9-15-22(19)23)26(32-4)25(18-21)28-30-27(31-33-28)20-12-6-5-7-13-20;15-13(16)9-5-1-3-7-11(9)19-20-12-8-4-2-6-10(12)14(17)18;1-3-7-11-9(5-1)10-6-2-4-8-12-10;1-11(2)9-7-5-6-8-10(9)12(3)4;11-10(12)9-6-7-4-2-1-3-5-8(7)13-9;1-7-3-5-9(6-4-7)13-8(2)10(11)12;9-7(10)5-3-1-2-4-6-8(11)12;1-5-2-3-6(8(10)11)7(9)4-5;1-6(7(9)10)8-4-2-3-5-8;1-4-8(5-2)6-7(3)9/h5-18,28H,1-4H3,(H,30,31);1-8H,(H,15,16)(H,17,18);1-8H;9-10H,5-8H2,1-4H3;6H,1-5H2,(H,11,12);3-6,8H,1-2H3,(H,11,12);1-6H2,(H,9,10)(H,11,12);2-4,9H,1H3,(H,10,11);6H,2-5H2,1H3,(H,9,10);4-6H2,1-3H3. The first-order valence-corrected chi connectivity index (χ1v) is 52.4. The number of ketones is 1. The minimum Gasteiger partial charge on any atom is -0.507 e. The minimum absolute atomic E-state index is 0.0572. The smallest absolute Gasteiger partial charge is 0.345 e. The number of hydrogen-bond donors (Lipinski definition) is 10. The molecule has 28 nitrogen and oxygen atoms in total. The molecule has 0 radical (unpaired) electrons. The molecular formula is C113H142N8O20S4. The number of methoxy groups -OCH3 is 1. The van der Waals surface area contributed by atoms with Gasteiger partial charge in [-0.15, -0.1) is 23.1 Å². The van der Waals surface area contributed by atoms with E-state index in [0.717, 1.165) is 132 Å². The van der Waals surface area contributed by atoms with Crippen molar-refractivity contribution in [1.29, 1.82) is 0 Å². The third-order valence-electron chi connectivity index (χ3n) is 23.6. The summed E-state index contributed by atoms with van der Waals surface area (Å²) in [6.45, 7) is 24.1. The Morgan fingerprint density at radius 2 is 1.05 bits per heavy atom. The summed E-state index contributed by atoms with van der Waals surface area (Å²) in [6, 6.07) is 69.5.